The number of hydrogen-bond donors (Lipinski definition) is 0. The number of ether oxygens (including phenoxy) is 1. The molecule has 2 atom stereocenters. The van der Waals surface area contributed by atoms with Gasteiger partial charge < -0.3 is 14.2 Å². The number of carbonyl (C=O) groups excluding carboxylic acids is 1. The van der Waals surface area contributed by atoms with Crippen molar-refractivity contribution in [3.8, 4) is 0 Å². The van der Waals surface area contributed by atoms with Gasteiger partial charge in [-0.2, -0.15) is 0 Å². The molecule has 3 heterocycles. The Balaban J connectivity index is 1.64. The molecule has 1 fully saturated rings. The van der Waals surface area contributed by atoms with Gasteiger partial charge in [-0.3, -0.25) is 0 Å². The number of hydrogen-bond acceptors (Lipinski definition) is 4. The fourth-order valence-corrected chi connectivity index (χ4v) is 3.17. The zero-order valence-corrected chi connectivity index (χ0v) is 15.3. The summed E-state index contributed by atoms with van der Waals surface area (Å²) in [7, 11) is 0. The second-order valence-corrected chi connectivity index (χ2v) is 7.79. The third-order valence-corrected chi connectivity index (χ3v) is 4.42. The molecule has 0 aliphatic carbocycles. The van der Waals surface area contributed by atoms with Crippen LogP contribution in [-0.4, -0.2) is 50.6 Å². The summed E-state index contributed by atoms with van der Waals surface area (Å²) in [5, 5.41) is 9.15. The van der Waals surface area contributed by atoms with Crippen molar-refractivity contribution in [2.24, 2.45) is 5.92 Å². The van der Waals surface area contributed by atoms with E-state index in [0.717, 1.165) is 5.39 Å². The van der Waals surface area contributed by atoms with Crippen molar-refractivity contribution in [1.29, 1.82) is 0 Å². The number of piperidine rings is 1. The van der Waals surface area contributed by atoms with Crippen LogP contribution in [0.15, 0.2) is 18.3 Å². The molecule has 3 rings (SSSR count). The van der Waals surface area contributed by atoms with E-state index in [-0.39, 0.29) is 12.5 Å². The second kappa shape index (κ2) is 6.78. The van der Waals surface area contributed by atoms with Crippen LogP contribution in [0.5, 0.6) is 0 Å². The van der Waals surface area contributed by atoms with Crippen LogP contribution in [0.3, 0.4) is 0 Å². The molecular weight excluding hydrogens is 347 g/mol. The Morgan fingerprint density at radius 2 is 2.20 bits per heavy atom. The molecule has 2 aromatic heterocycles. The van der Waals surface area contributed by atoms with Gasteiger partial charge >= 0.3 is 6.09 Å². The van der Waals surface area contributed by atoms with Crippen molar-refractivity contribution >= 4 is 28.7 Å². The van der Waals surface area contributed by atoms with Crippen LogP contribution < -0.4 is 0 Å². The lowest BCUT2D eigenvalue weighted by atomic mass is 9.95. The first kappa shape index (κ1) is 17.9. The van der Waals surface area contributed by atoms with Crippen molar-refractivity contribution in [2.45, 2.75) is 45.5 Å². The Hall–Kier alpha value is -1.89. The Labute approximate surface area is 150 Å². The lowest BCUT2D eigenvalue weighted by molar-refractivity contribution is 0.00395. The van der Waals surface area contributed by atoms with Crippen LogP contribution in [0.2, 0.25) is 5.15 Å². The quantitative estimate of drug-likeness (QED) is 0.811. The highest BCUT2D eigenvalue weighted by Crippen LogP contribution is 2.26. The molecule has 1 amide bonds. The normalized spacial score (nSPS) is 21.6. The number of fused-ring (bicyclic) bond motifs is 1. The van der Waals surface area contributed by atoms with E-state index < -0.39 is 17.9 Å². The third-order valence-electron chi connectivity index (χ3n) is 4.24. The van der Waals surface area contributed by atoms with E-state index in [1.807, 2.05) is 16.8 Å². The molecule has 1 aliphatic rings. The third kappa shape index (κ3) is 4.21. The molecule has 25 heavy (non-hydrogen) atoms. The van der Waals surface area contributed by atoms with Crippen LogP contribution in [0.1, 0.15) is 27.2 Å². The molecule has 8 heteroatoms. The number of carbonyl (C=O) groups is 1. The van der Waals surface area contributed by atoms with Gasteiger partial charge in [0.05, 0.1) is 6.54 Å². The van der Waals surface area contributed by atoms with Crippen molar-refractivity contribution in [1.82, 2.24) is 19.7 Å². The van der Waals surface area contributed by atoms with E-state index in [2.05, 4.69) is 10.2 Å². The van der Waals surface area contributed by atoms with Gasteiger partial charge in [-0.25, -0.2) is 9.18 Å². The molecule has 0 N–H and O–H groups in total. The maximum absolute atomic E-state index is 14.6. The second-order valence-electron chi connectivity index (χ2n) is 7.41. The predicted molar refractivity (Wildman–Crippen MR) is 93.3 cm³/mol. The lowest BCUT2D eigenvalue weighted by Gasteiger charge is -2.35. The van der Waals surface area contributed by atoms with Crippen LogP contribution in [0.4, 0.5) is 9.18 Å². The topological polar surface area (TPSA) is 60.2 Å². The van der Waals surface area contributed by atoms with Gasteiger partial charge in [-0.15, -0.1) is 10.2 Å². The number of rotatable bonds is 2. The minimum atomic E-state index is -1.11. The summed E-state index contributed by atoms with van der Waals surface area (Å²) in [5.74, 6) is -0.188. The fourth-order valence-electron chi connectivity index (χ4n) is 3.01. The number of halogens is 2. The summed E-state index contributed by atoms with van der Waals surface area (Å²) in [6, 6.07) is 3.62. The highest BCUT2D eigenvalue weighted by Gasteiger charge is 2.33. The maximum Gasteiger partial charge on any atom is 0.410 e. The van der Waals surface area contributed by atoms with E-state index in [1.54, 1.807) is 26.8 Å². The molecule has 136 valence electrons. The van der Waals surface area contributed by atoms with Crippen LogP contribution in [0.25, 0.3) is 11.0 Å². The fraction of sp³-hybridized carbons (Fsp3) is 0.588. The van der Waals surface area contributed by atoms with E-state index in [9.17, 15) is 9.18 Å². The Kier molecular flexibility index (Phi) is 4.86. The Bertz CT molecular complexity index is 774. The predicted octanol–water partition coefficient (Wildman–Crippen LogP) is 3.68. The summed E-state index contributed by atoms with van der Waals surface area (Å²) in [4.78, 5) is 13.5. The molecule has 1 saturated heterocycles. The van der Waals surface area contributed by atoms with E-state index in [0.29, 0.717) is 30.3 Å². The van der Waals surface area contributed by atoms with Crippen molar-refractivity contribution in [2.75, 3.05) is 13.1 Å². The SMILES string of the molecule is CC(C)(C)OC(=O)N1CCC(Cn2ccc3cc(Cl)nnc32)[C@@H](F)C1. The molecule has 0 saturated carbocycles. The summed E-state index contributed by atoms with van der Waals surface area (Å²) in [6.07, 6.45) is 0.864. The first-order chi connectivity index (χ1) is 11.7. The molecule has 0 spiro atoms. The minimum absolute atomic E-state index is 0.0519. The van der Waals surface area contributed by atoms with Gasteiger partial charge in [0, 0.05) is 30.6 Å². The van der Waals surface area contributed by atoms with Crippen LogP contribution >= 0.6 is 11.6 Å². The van der Waals surface area contributed by atoms with E-state index in [4.69, 9.17) is 16.3 Å². The van der Waals surface area contributed by atoms with E-state index in [1.165, 1.54) is 4.90 Å². The highest BCUT2D eigenvalue weighted by atomic mass is 35.5. The van der Waals surface area contributed by atoms with Crippen molar-refractivity contribution in [3.05, 3.63) is 23.5 Å². The molecule has 0 aromatic carbocycles. The molecule has 0 bridgehead atoms. The van der Waals surface area contributed by atoms with Crippen LogP contribution in [0, 0.1) is 5.92 Å². The maximum atomic E-state index is 14.6. The zero-order chi connectivity index (χ0) is 18.2. The molecule has 6 nitrogen and oxygen atoms in total. The molecule has 1 unspecified atom stereocenters. The number of likely N-dealkylation sites (tertiary alicyclic amines) is 1. The molecule has 2 aromatic rings. The number of nitrogens with zero attached hydrogens (tertiary/aromatic N) is 4. The first-order valence-electron chi connectivity index (χ1n) is 8.33. The van der Waals surface area contributed by atoms with Gasteiger partial charge in [0.25, 0.3) is 0 Å². The summed E-state index contributed by atoms with van der Waals surface area (Å²) < 4.78 is 21.8. The number of amides is 1. The van der Waals surface area contributed by atoms with Gasteiger partial charge in [-0.1, -0.05) is 11.6 Å². The Morgan fingerprint density at radius 3 is 2.88 bits per heavy atom. The first-order valence-corrected chi connectivity index (χ1v) is 8.71. The van der Waals surface area contributed by atoms with Crippen molar-refractivity contribution < 1.29 is 13.9 Å². The minimum Gasteiger partial charge on any atom is -0.444 e. The highest BCUT2D eigenvalue weighted by molar-refractivity contribution is 6.29. The number of alkyl halides is 1. The molecule has 1 aliphatic heterocycles. The monoisotopic (exact) mass is 368 g/mol. The Morgan fingerprint density at radius 1 is 1.44 bits per heavy atom. The molecular formula is C17H22ClFN4O2. The summed E-state index contributed by atoms with van der Waals surface area (Å²) in [5.41, 5.74) is 0.107. The van der Waals surface area contributed by atoms with Crippen LogP contribution in [-0.2, 0) is 11.3 Å². The summed E-state index contributed by atoms with van der Waals surface area (Å²) in [6.45, 7) is 6.43. The average Bonchev–Trinajstić information content (AvgIpc) is 2.89. The standard InChI is InChI=1S/C17H22ClFN4O2/c1-17(2,3)25-16(24)23-7-5-12(13(19)10-23)9-22-6-4-11-8-14(18)20-21-15(11)22/h4,6,8,12-13H,5,7,9-10H2,1-3H3/t12?,13-/m0/s1. The van der Waals surface area contributed by atoms with Gasteiger partial charge in [0.15, 0.2) is 10.8 Å². The van der Waals surface area contributed by atoms with E-state index >= 15 is 0 Å². The van der Waals surface area contributed by atoms with Gasteiger partial charge in [0.2, 0.25) is 0 Å². The number of aromatic nitrogens is 3. The molecule has 0 radical (unpaired) electrons. The lowest BCUT2D eigenvalue weighted by Crippen LogP contribution is -2.47. The summed E-state index contributed by atoms with van der Waals surface area (Å²) >= 11 is 5.84. The van der Waals surface area contributed by atoms with Crippen molar-refractivity contribution in [3.63, 3.8) is 0 Å². The largest absolute Gasteiger partial charge is 0.444 e. The smallest absolute Gasteiger partial charge is 0.410 e. The van der Waals surface area contributed by atoms with Gasteiger partial charge in [0.1, 0.15) is 11.8 Å². The van der Waals surface area contributed by atoms with Gasteiger partial charge in [-0.05, 0) is 39.3 Å². The average molecular weight is 369 g/mol. The zero-order valence-electron chi connectivity index (χ0n) is 14.6.